The molecule has 0 bridgehead atoms. The van der Waals surface area contributed by atoms with E-state index in [1.54, 1.807) is 0 Å². The minimum absolute atomic E-state index is 0.280. The summed E-state index contributed by atoms with van der Waals surface area (Å²) in [7, 11) is -3.17. The van der Waals surface area contributed by atoms with Gasteiger partial charge < -0.3 is 9.84 Å². The lowest BCUT2D eigenvalue weighted by atomic mass is 10.2. The summed E-state index contributed by atoms with van der Waals surface area (Å²) in [5.41, 5.74) is -0.479. The molecular weight excluding hydrogens is 241 g/mol. The highest BCUT2D eigenvalue weighted by Crippen LogP contribution is 2.24. The Morgan fingerprint density at radius 3 is 2.44 bits per heavy atom. The van der Waals surface area contributed by atoms with E-state index >= 15 is 0 Å². The van der Waals surface area contributed by atoms with E-state index in [4.69, 9.17) is 10.2 Å². The van der Waals surface area contributed by atoms with Crippen molar-refractivity contribution in [2.75, 3.05) is 7.11 Å². The first-order chi connectivity index (χ1) is 7.27. The molecular formula is C8H8FNO5S. The summed E-state index contributed by atoms with van der Waals surface area (Å²) in [6.45, 7) is 0. The lowest BCUT2D eigenvalue weighted by Gasteiger charge is -2.07. The molecule has 0 spiro atoms. The van der Waals surface area contributed by atoms with E-state index in [0.717, 1.165) is 7.11 Å². The van der Waals surface area contributed by atoms with E-state index in [9.17, 15) is 17.6 Å². The average Bonchev–Trinajstić information content (AvgIpc) is 2.14. The Labute approximate surface area is 90.5 Å². The normalized spacial score (nSPS) is 11.2. The summed E-state index contributed by atoms with van der Waals surface area (Å²) in [4.78, 5) is 9.85. The minimum atomic E-state index is -4.31. The molecule has 1 aromatic rings. The number of nitrogens with two attached hydrogens (primary N) is 1. The zero-order valence-corrected chi connectivity index (χ0v) is 8.91. The summed E-state index contributed by atoms with van der Waals surface area (Å²) in [5, 5.41) is 13.5. The fourth-order valence-electron chi connectivity index (χ4n) is 1.09. The molecule has 0 unspecified atom stereocenters. The molecule has 8 heteroatoms. The maximum atomic E-state index is 13.2. The summed E-state index contributed by atoms with van der Waals surface area (Å²) in [6.07, 6.45) is 0. The van der Waals surface area contributed by atoms with Crippen LogP contribution in [0.4, 0.5) is 4.39 Å². The lowest BCUT2D eigenvalue weighted by Crippen LogP contribution is -2.15. The smallest absolute Gasteiger partial charge is 0.339 e. The Kier molecular flexibility index (Phi) is 3.15. The van der Waals surface area contributed by atoms with Crippen LogP contribution in [-0.4, -0.2) is 26.6 Å². The van der Waals surface area contributed by atoms with Gasteiger partial charge >= 0.3 is 5.97 Å². The zero-order valence-electron chi connectivity index (χ0n) is 8.10. The molecule has 3 N–H and O–H groups in total. The molecule has 0 aliphatic carbocycles. The van der Waals surface area contributed by atoms with Gasteiger partial charge in [-0.05, 0) is 6.07 Å². The third-order valence-corrected chi connectivity index (χ3v) is 2.72. The Balaban J connectivity index is 3.58. The minimum Gasteiger partial charge on any atom is -0.496 e. The van der Waals surface area contributed by atoms with E-state index in [-0.39, 0.29) is 5.75 Å². The molecule has 0 fully saturated rings. The third-order valence-electron chi connectivity index (χ3n) is 1.79. The molecule has 1 rings (SSSR count). The summed E-state index contributed by atoms with van der Waals surface area (Å²) in [6, 6.07) is 1.27. The largest absolute Gasteiger partial charge is 0.496 e. The second-order valence-corrected chi connectivity index (χ2v) is 4.36. The van der Waals surface area contributed by atoms with Gasteiger partial charge in [0, 0.05) is 6.07 Å². The Morgan fingerprint density at radius 1 is 1.50 bits per heavy atom. The van der Waals surface area contributed by atoms with Crippen LogP contribution in [0.25, 0.3) is 0 Å². The highest BCUT2D eigenvalue weighted by Gasteiger charge is 2.21. The SMILES string of the molecule is COc1cc(F)c(S(N)(=O)=O)cc1C(=O)O. The van der Waals surface area contributed by atoms with Crippen molar-refractivity contribution in [3.8, 4) is 5.75 Å². The predicted octanol–water partition coefficient (Wildman–Crippen LogP) is 0.180. The summed E-state index contributed by atoms with van der Waals surface area (Å²) in [5.74, 6) is -2.89. The molecule has 0 aliphatic rings. The van der Waals surface area contributed by atoms with E-state index < -0.39 is 32.3 Å². The van der Waals surface area contributed by atoms with Gasteiger partial charge in [-0.25, -0.2) is 22.7 Å². The van der Waals surface area contributed by atoms with Gasteiger partial charge in [-0.3, -0.25) is 0 Å². The molecule has 0 aliphatic heterocycles. The average molecular weight is 249 g/mol. The van der Waals surface area contributed by atoms with Crippen LogP contribution in [0, 0.1) is 5.82 Å². The number of sulfonamides is 1. The van der Waals surface area contributed by atoms with E-state index in [0.29, 0.717) is 12.1 Å². The van der Waals surface area contributed by atoms with Gasteiger partial charge in [0.15, 0.2) is 0 Å². The standard InChI is InChI=1S/C8H8FNO5S/c1-15-6-3-5(9)7(16(10,13)14)2-4(6)8(11)12/h2-3H,1H3,(H,11,12)(H2,10,13,14). The molecule has 88 valence electrons. The number of halogens is 1. The first-order valence-electron chi connectivity index (χ1n) is 3.91. The molecule has 6 nitrogen and oxygen atoms in total. The zero-order chi connectivity index (χ0) is 12.5. The Morgan fingerprint density at radius 2 is 2.06 bits per heavy atom. The highest BCUT2D eigenvalue weighted by molar-refractivity contribution is 7.89. The van der Waals surface area contributed by atoms with Gasteiger partial charge in [-0.2, -0.15) is 0 Å². The molecule has 0 saturated carbocycles. The first-order valence-corrected chi connectivity index (χ1v) is 5.45. The van der Waals surface area contributed by atoms with Gasteiger partial charge in [0.25, 0.3) is 0 Å². The molecule has 0 amide bonds. The number of primary sulfonamides is 1. The van der Waals surface area contributed by atoms with Gasteiger partial charge in [0.2, 0.25) is 10.0 Å². The quantitative estimate of drug-likeness (QED) is 0.794. The van der Waals surface area contributed by atoms with Crippen molar-refractivity contribution in [2.24, 2.45) is 5.14 Å². The molecule has 0 radical (unpaired) electrons. The Bertz CT molecular complexity index is 540. The molecule has 0 atom stereocenters. The van der Waals surface area contributed by atoms with Crippen LogP contribution in [0.3, 0.4) is 0 Å². The number of carbonyl (C=O) groups is 1. The maximum Gasteiger partial charge on any atom is 0.339 e. The number of rotatable bonds is 3. The van der Waals surface area contributed by atoms with Crippen LogP contribution in [0.15, 0.2) is 17.0 Å². The summed E-state index contributed by atoms with van der Waals surface area (Å²) < 4.78 is 39.7. The van der Waals surface area contributed by atoms with Crippen molar-refractivity contribution in [1.82, 2.24) is 0 Å². The van der Waals surface area contributed by atoms with E-state index in [2.05, 4.69) is 4.74 Å². The lowest BCUT2D eigenvalue weighted by molar-refractivity contribution is 0.0693. The molecule has 1 aromatic carbocycles. The van der Waals surface area contributed by atoms with Gasteiger partial charge in [-0.15, -0.1) is 0 Å². The highest BCUT2D eigenvalue weighted by atomic mass is 32.2. The monoisotopic (exact) mass is 249 g/mol. The fourth-order valence-corrected chi connectivity index (χ4v) is 1.70. The van der Waals surface area contributed by atoms with Gasteiger partial charge in [-0.1, -0.05) is 0 Å². The van der Waals surface area contributed by atoms with Crippen molar-refractivity contribution in [3.05, 3.63) is 23.5 Å². The number of carboxylic acids is 1. The number of ether oxygens (including phenoxy) is 1. The first kappa shape index (κ1) is 12.4. The molecule has 0 aromatic heterocycles. The van der Waals surface area contributed by atoms with E-state index in [1.165, 1.54) is 0 Å². The van der Waals surface area contributed by atoms with Crippen LogP contribution in [0.1, 0.15) is 10.4 Å². The number of methoxy groups -OCH3 is 1. The van der Waals surface area contributed by atoms with Crippen molar-refractivity contribution in [2.45, 2.75) is 4.90 Å². The van der Waals surface area contributed by atoms with Crippen molar-refractivity contribution >= 4 is 16.0 Å². The van der Waals surface area contributed by atoms with Gasteiger partial charge in [0.05, 0.1) is 7.11 Å². The number of hydrogen-bond acceptors (Lipinski definition) is 4. The Hall–Kier alpha value is -1.67. The fraction of sp³-hybridized carbons (Fsp3) is 0.125. The third kappa shape index (κ3) is 2.28. The number of carboxylic acid groups (broad SMARTS) is 1. The topological polar surface area (TPSA) is 107 Å². The number of hydrogen-bond donors (Lipinski definition) is 2. The van der Waals surface area contributed by atoms with Crippen LogP contribution in [0.2, 0.25) is 0 Å². The molecule has 0 heterocycles. The number of benzene rings is 1. The number of aromatic carboxylic acids is 1. The van der Waals surface area contributed by atoms with Gasteiger partial charge in [0.1, 0.15) is 22.0 Å². The van der Waals surface area contributed by atoms with Crippen LogP contribution < -0.4 is 9.88 Å². The predicted molar refractivity (Wildman–Crippen MR) is 51.3 cm³/mol. The van der Waals surface area contributed by atoms with Crippen LogP contribution in [0.5, 0.6) is 5.75 Å². The molecule has 0 saturated heterocycles. The van der Waals surface area contributed by atoms with Crippen LogP contribution >= 0.6 is 0 Å². The second kappa shape index (κ2) is 4.06. The van der Waals surface area contributed by atoms with Crippen LogP contribution in [-0.2, 0) is 10.0 Å². The van der Waals surface area contributed by atoms with Crippen molar-refractivity contribution < 1.29 is 27.4 Å². The van der Waals surface area contributed by atoms with E-state index in [1.807, 2.05) is 0 Å². The second-order valence-electron chi connectivity index (χ2n) is 2.83. The molecule has 16 heavy (non-hydrogen) atoms. The summed E-state index contributed by atoms with van der Waals surface area (Å²) >= 11 is 0. The maximum absolute atomic E-state index is 13.2. The van der Waals surface area contributed by atoms with Crippen molar-refractivity contribution in [3.63, 3.8) is 0 Å². The van der Waals surface area contributed by atoms with Crippen molar-refractivity contribution in [1.29, 1.82) is 0 Å².